The van der Waals surface area contributed by atoms with Crippen molar-refractivity contribution in [1.29, 1.82) is 0 Å². The number of anilines is 2. The van der Waals surface area contributed by atoms with Crippen molar-refractivity contribution >= 4 is 94.2 Å². The van der Waals surface area contributed by atoms with Crippen LogP contribution in [0.15, 0.2) is 33.2 Å². The van der Waals surface area contributed by atoms with Crippen LogP contribution in [0.2, 0.25) is 10.0 Å². The predicted molar refractivity (Wildman–Crippen MR) is 144 cm³/mol. The normalized spacial score (nSPS) is 10.2. The van der Waals surface area contributed by atoms with Gasteiger partial charge in [0.25, 0.3) is 0 Å². The zero-order valence-corrected chi connectivity index (χ0v) is 24.0. The van der Waals surface area contributed by atoms with E-state index >= 15 is 0 Å². The van der Waals surface area contributed by atoms with E-state index in [4.69, 9.17) is 28.3 Å². The van der Waals surface area contributed by atoms with Gasteiger partial charge in [-0.05, 0) is 74.5 Å². The quantitative estimate of drug-likeness (QED) is 0.248. The molecule has 0 aliphatic rings. The van der Waals surface area contributed by atoms with Gasteiger partial charge in [-0.25, -0.2) is 0 Å². The van der Waals surface area contributed by atoms with E-state index in [1.54, 1.807) is 18.2 Å². The molecule has 5 nitrogen and oxygen atoms in total. The van der Waals surface area contributed by atoms with Crippen LogP contribution in [0.4, 0.5) is 11.4 Å². The van der Waals surface area contributed by atoms with Crippen LogP contribution < -0.4 is 10.6 Å². The molecule has 176 valence electrons. The SMILES string of the molecule is CCCC(=O)Nc1cc(Cl)c(Br)cc1CBr.CCCC(=O)Nc1cc(Cl)c(Br)cc1CO. The third-order valence-corrected chi connectivity index (χ3v) is 7.11. The van der Waals surface area contributed by atoms with Gasteiger partial charge in [-0.1, -0.05) is 53.0 Å². The Labute approximate surface area is 224 Å². The van der Waals surface area contributed by atoms with E-state index < -0.39 is 0 Å². The van der Waals surface area contributed by atoms with Crippen molar-refractivity contribution in [1.82, 2.24) is 0 Å². The van der Waals surface area contributed by atoms with Crippen molar-refractivity contribution in [2.75, 3.05) is 10.6 Å². The minimum Gasteiger partial charge on any atom is -0.392 e. The Morgan fingerprint density at radius 1 is 0.844 bits per heavy atom. The van der Waals surface area contributed by atoms with Gasteiger partial charge in [-0.2, -0.15) is 0 Å². The molecule has 2 amide bonds. The number of nitrogens with one attached hydrogen (secondary N) is 2. The second-order valence-electron chi connectivity index (χ2n) is 6.74. The van der Waals surface area contributed by atoms with Crippen LogP contribution in [0.5, 0.6) is 0 Å². The van der Waals surface area contributed by atoms with Crippen molar-refractivity contribution in [2.24, 2.45) is 0 Å². The second-order valence-corrected chi connectivity index (χ2v) is 9.82. The summed E-state index contributed by atoms with van der Waals surface area (Å²) in [5.74, 6) is -0.0568. The van der Waals surface area contributed by atoms with E-state index in [0.717, 1.165) is 28.6 Å². The number of rotatable bonds is 8. The highest BCUT2D eigenvalue weighted by atomic mass is 79.9. The van der Waals surface area contributed by atoms with Gasteiger partial charge in [0, 0.05) is 44.1 Å². The number of alkyl halides is 1. The Morgan fingerprint density at radius 3 is 1.62 bits per heavy atom. The molecule has 0 radical (unpaired) electrons. The maximum Gasteiger partial charge on any atom is 0.224 e. The molecule has 0 fully saturated rings. The minimum atomic E-state index is -0.141. The van der Waals surface area contributed by atoms with Crippen LogP contribution >= 0.6 is 71.0 Å². The lowest BCUT2D eigenvalue weighted by Gasteiger charge is -2.10. The van der Waals surface area contributed by atoms with E-state index in [2.05, 4.69) is 58.4 Å². The molecule has 10 heteroatoms. The number of amides is 2. The van der Waals surface area contributed by atoms with Gasteiger partial charge in [0.05, 0.1) is 16.7 Å². The van der Waals surface area contributed by atoms with E-state index in [9.17, 15) is 9.59 Å². The van der Waals surface area contributed by atoms with Gasteiger partial charge in [-0.15, -0.1) is 0 Å². The zero-order chi connectivity index (χ0) is 24.3. The summed E-state index contributed by atoms with van der Waals surface area (Å²) in [6, 6.07) is 6.99. The fraction of sp³-hybridized carbons (Fsp3) is 0.364. The Morgan fingerprint density at radius 2 is 1.25 bits per heavy atom. The first-order valence-corrected chi connectivity index (χ1v) is 13.3. The van der Waals surface area contributed by atoms with Crippen molar-refractivity contribution in [3.8, 4) is 0 Å². The lowest BCUT2D eigenvalue weighted by Crippen LogP contribution is -2.12. The summed E-state index contributed by atoms with van der Waals surface area (Å²) in [5.41, 5.74) is 2.97. The van der Waals surface area contributed by atoms with Crippen molar-refractivity contribution < 1.29 is 14.7 Å². The van der Waals surface area contributed by atoms with E-state index in [1.165, 1.54) is 0 Å². The molecule has 0 atom stereocenters. The average molecular weight is 676 g/mol. The first-order chi connectivity index (χ1) is 15.2. The van der Waals surface area contributed by atoms with E-state index in [1.807, 2.05) is 19.9 Å². The standard InChI is InChI=1S/C11H12Br2ClNO.C11H13BrClNO2/c1-2-3-11(16)15-10-5-9(14)8(13)4-7(10)6-12;1-2-3-11(16)14-10-5-9(13)8(12)4-7(10)6-15/h4-5H,2-3,6H2,1H3,(H,15,16);4-5,15H,2-3,6H2,1H3,(H,14,16). The zero-order valence-electron chi connectivity index (χ0n) is 17.7. The highest BCUT2D eigenvalue weighted by molar-refractivity contribution is 9.11. The molecule has 2 aromatic carbocycles. The van der Waals surface area contributed by atoms with Crippen molar-refractivity contribution in [3.05, 3.63) is 54.4 Å². The molecule has 0 heterocycles. The number of aliphatic hydroxyl groups is 1. The van der Waals surface area contributed by atoms with Gasteiger partial charge in [-0.3, -0.25) is 9.59 Å². The summed E-state index contributed by atoms with van der Waals surface area (Å²) in [6.45, 7) is 3.76. The van der Waals surface area contributed by atoms with Crippen molar-refractivity contribution in [3.63, 3.8) is 0 Å². The molecule has 0 aliphatic carbocycles. The monoisotopic (exact) mass is 672 g/mol. The topological polar surface area (TPSA) is 78.4 Å². The Hall–Kier alpha value is -0.640. The number of hydrogen-bond acceptors (Lipinski definition) is 3. The maximum atomic E-state index is 11.5. The number of benzene rings is 2. The first kappa shape index (κ1) is 29.4. The molecular formula is C22H25Br3Cl2N2O3. The Balaban J connectivity index is 0.000000320. The summed E-state index contributed by atoms with van der Waals surface area (Å²) >= 11 is 21.9. The molecule has 0 spiro atoms. The Kier molecular flexibility index (Phi) is 14.1. The number of halogens is 5. The first-order valence-electron chi connectivity index (χ1n) is 9.89. The minimum absolute atomic E-state index is 0.0167. The highest BCUT2D eigenvalue weighted by Gasteiger charge is 2.10. The Bertz CT molecular complexity index is 868. The maximum absolute atomic E-state index is 11.5. The molecule has 2 aromatic rings. The third-order valence-electron chi connectivity index (χ3n) is 4.11. The second kappa shape index (κ2) is 15.3. The summed E-state index contributed by atoms with van der Waals surface area (Å²) in [4.78, 5) is 22.9. The number of hydrogen-bond donors (Lipinski definition) is 3. The molecule has 0 bridgehead atoms. The smallest absolute Gasteiger partial charge is 0.224 e. The molecule has 0 saturated carbocycles. The molecule has 0 aliphatic heterocycles. The van der Waals surface area contributed by atoms with Crippen LogP contribution in [0, 0.1) is 0 Å². The summed E-state index contributed by atoms with van der Waals surface area (Å²) in [5, 5.41) is 16.5. The number of carbonyl (C=O) groups excluding carboxylic acids is 2. The van der Waals surface area contributed by atoms with Gasteiger partial charge in [0.2, 0.25) is 11.8 Å². The molecule has 32 heavy (non-hydrogen) atoms. The van der Waals surface area contributed by atoms with Crippen LogP contribution in [0.1, 0.15) is 50.7 Å². The lowest BCUT2D eigenvalue weighted by atomic mass is 10.2. The van der Waals surface area contributed by atoms with Crippen LogP contribution in [0.3, 0.4) is 0 Å². The van der Waals surface area contributed by atoms with Crippen LogP contribution in [0.25, 0.3) is 0 Å². The summed E-state index contributed by atoms with van der Waals surface area (Å²) in [6.07, 6.45) is 2.60. The molecule has 2 rings (SSSR count). The van der Waals surface area contributed by atoms with Gasteiger partial charge in [0.15, 0.2) is 0 Å². The van der Waals surface area contributed by atoms with E-state index in [0.29, 0.717) is 43.9 Å². The fourth-order valence-electron chi connectivity index (χ4n) is 2.53. The lowest BCUT2D eigenvalue weighted by molar-refractivity contribution is -0.117. The molecular weight excluding hydrogens is 651 g/mol. The number of carbonyl (C=O) groups is 2. The molecule has 0 unspecified atom stereocenters. The largest absolute Gasteiger partial charge is 0.392 e. The fourth-order valence-corrected chi connectivity index (χ4v) is 4.10. The summed E-state index contributed by atoms with van der Waals surface area (Å²) < 4.78 is 1.53. The predicted octanol–water partition coefficient (Wildman–Crippen LogP) is 8.07. The summed E-state index contributed by atoms with van der Waals surface area (Å²) in [7, 11) is 0. The van der Waals surface area contributed by atoms with Gasteiger partial charge >= 0.3 is 0 Å². The van der Waals surface area contributed by atoms with Crippen LogP contribution in [-0.4, -0.2) is 16.9 Å². The van der Waals surface area contributed by atoms with Gasteiger partial charge < -0.3 is 15.7 Å². The highest BCUT2D eigenvalue weighted by Crippen LogP contribution is 2.31. The number of aliphatic hydroxyl groups excluding tert-OH is 1. The average Bonchev–Trinajstić information content (AvgIpc) is 2.73. The van der Waals surface area contributed by atoms with Gasteiger partial charge in [0.1, 0.15) is 0 Å². The molecule has 0 saturated heterocycles. The van der Waals surface area contributed by atoms with Crippen LogP contribution in [-0.2, 0) is 21.5 Å². The van der Waals surface area contributed by atoms with E-state index in [-0.39, 0.29) is 18.4 Å². The molecule has 0 aromatic heterocycles. The third kappa shape index (κ3) is 9.69. The molecule has 3 N–H and O–H groups in total. The van der Waals surface area contributed by atoms with Crippen molar-refractivity contribution in [2.45, 2.75) is 51.5 Å².